The largest absolute Gasteiger partial charge is 0.353 e. The van der Waals surface area contributed by atoms with E-state index in [9.17, 15) is 4.79 Å². The lowest BCUT2D eigenvalue weighted by molar-refractivity contribution is -0.119. The molecule has 8 heteroatoms. The van der Waals surface area contributed by atoms with Gasteiger partial charge in [0.05, 0.1) is 16.5 Å². The van der Waals surface area contributed by atoms with Crippen molar-refractivity contribution in [2.45, 2.75) is 44.5 Å². The molecule has 1 heterocycles. The van der Waals surface area contributed by atoms with Crippen molar-refractivity contribution in [1.82, 2.24) is 15.5 Å². The van der Waals surface area contributed by atoms with Crippen LogP contribution < -0.4 is 10.6 Å². The molecule has 1 unspecified atom stereocenters. The highest BCUT2D eigenvalue weighted by Crippen LogP contribution is 2.33. The quantitative estimate of drug-likeness (QED) is 0.685. The molecule has 2 aromatic rings. The van der Waals surface area contributed by atoms with E-state index in [0.29, 0.717) is 15.9 Å². The summed E-state index contributed by atoms with van der Waals surface area (Å²) in [4.78, 5) is 11.8. The number of rotatable bonds is 7. The van der Waals surface area contributed by atoms with Crippen LogP contribution in [0.1, 0.15) is 31.4 Å². The van der Waals surface area contributed by atoms with Crippen LogP contribution in [0.3, 0.4) is 0 Å². The summed E-state index contributed by atoms with van der Waals surface area (Å²) in [7, 11) is 0. The smallest absolute Gasteiger partial charge is 0.230 e. The van der Waals surface area contributed by atoms with E-state index in [-0.39, 0.29) is 11.9 Å². The van der Waals surface area contributed by atoms with Crippen molar-refractivity contribution in [3.8, 4) is 0 Å². The maximum atomic E-state index is 11.8. The summed E-state index contributed by atoms with van der Waals surface area (Å²) < 4.78 is 0.748. The van der Waals surface area contributed by atoms with Gasteiger partial charge in [0, 0.05) is 6.04 Å². The van der Waals surface area contributed by atoms with Crippen molar-refractivity contribution in [3.63, 3.8) is 0 Å². The normalized spacial score (nSPS) is 12.0. The highest BCUT2D eigenvalue weighted by molar-refractivity contribution is 8.01. The minimum atomic E-state index is 0.0106. The Morgan fingerprint density at radius 1 is 1.38 bits per heavy atom. The second-order valence-electron chi connectivity index (χ2n) is 5.60. The van der Waals surface area contributed by atoms with Crippen molar-refractivity contribution in [2.24, 2.45) is 0 Å². The number of anilines is 2. The van der Waals surface area contributed by atoms with Crippen molar-refractivity contribution in [1.29, 1.82) is 0 Å². The molecule has 2 N–H and O–H groups in total. The van der Waals surface area contributed by atoms with Crippen LogP contribution in [0.2, 0.25) is 5.02 Å². The molecule has 0 aliphatic heterocycles. The van der Waals surface area contributed by atoms with Gasteiger partial charge in [0.1, 0.15) is 0 Å². The van der Waals surface area contributed by atoms with Gasteiger partial charge in [0.15, 0.2) is 4.34 Å². The lowest BCUT2D eigenvalue weighted by Crippen LogP contribution is -2.33. The molecule has 0 saturated carbocycles. The Morgan fingerprint density at radius 2 is 2.12 bits per heavy atom. The molecule has 0 aliphatic carbocycles. The molecule has 0 bridgehead atoms. The maximum Gasteiger partial charge on any atom is 0.230 e. The van der Waals surface area contributed by atoms with Gasteiger partial charge < -0.3 is 10.6 Å². The highest BCUT2D eigenvalue weighted by Gasteiger charge is 2.12. The number of amides is 1. The second-order valence-corrected chi connectivity index (χ2v) is 8.21. The average Bonchev–Trinajstić information content (AvgIpc) is 2.96. The zero-order valence-corrected chi connectivity index (χ0v) is 16.5. The number of nitrogens with zero attached hydrogens (tertiary/aromatic N) is 2. The average molecular weight is 385 g/mol. The van der Waals surface area contributed by atoms with Crippen molar-refractivity contribution in [2.75, 3.05) is 11.1 Å². The molecule has 2 rings (SSSR count). The molecule has 0 spiro atoms. The van der Waals surface area contributed by atoms with Gasteiger partial charge in [-0.3, -0.25) is 4.79 Å². The monoisotopic (exact) mass is 384 g/mol. The summed E-state index contributed by atoms with van der Waals surface area (Å²) in [5.41, 5.74) is 3.01. The zero-order chi connectivity index (χ0) is 17.7. The number of halogens is 1. The fourth-order valence-electron chi connectivity index (χ4n) is 2.05. The lowest BCUT2D eigenvalue weighted by atomic mass is 10.1. The molecule has 24 heavy (non-hydrogen) atoms. The Bertz CT molecular complexity index is 697. The molecular weight excluding hydrogens is 364 g/mol. The second kappa shape index (κ2) is 8.69. The van der Waals surface area contributed by atoms with Crippen LogP contribution in [0.15, 0.2) is 16.5 Å². The van der Waals surface area contributed by atoms with Crippen molar-refractivity contribution < 1.29 is 4.79 Å². The van der Waals surface area contributed by atoms with Gasteiger partial charge in [-0.15, -0.1) is 10.2 Å². The van der Waals surface area contributed by atoms with Crippen LogP contribution in [0.25, 0.3) is 0 Å². The van der Waals surface area contributed by atoms with E-state index >= 15 is 0 Å². The minimum absolute atomic E-state index is 0.0106. The lowest BCUT2D eigenvalue weighted by Gasteiger charge is -2.10. The Hall–Kier alpha value is -1.31. The van der Waals surface area contributed by atoms with Gasteiger partial charge >= 0.3 is 0 Å². The van der Waals surface area contributed by atoms with Gasteiger partial charge in [-0.25, -0.2) is 0 Å². The highest BCUT2D eigenvalue weighted by atomic mass is 35.5. The molecular formula is C16H21ClN4OS2. The molecule has 0 fully saturated rings. The molecule has 1 aromatic heterocycles. The number of hydrogen-bond donors (Lipinski definition) is 2. The standard InChI is InChI=1S/C16H21ClN4OS2/c1-5-11(4)18-13(22)8-23-16-21-20-15(24-16)19-14-10(3)6-9(2)7-12(14)17/h6-7,11H,5,8H2,1-4H3,(H,18,22)(H,19,20). The third-order valence-corrected chi connectivity index (χ3v) is 5.69. The first-order valence-electron chi connectivity index (χ1n) is 7.68. The summed E-state index contributed by atoms with van der Waals surface area (Å²) >= 11 is 9.08. The minimum Gasteiger partial charge on any atom is -0.353 e. The molecule has 0 saturated heterocycles. The Kier molecular flexibility index (Phi) is 6.89. The molecule has 1 aromatic carbocycles. The van der Waals surface area contributed by atoms with Crippen LogP contribution in [0.5, 0.6) is 0 Å². The van der Waals surface area contributed by atoms with Crippen LogP contribution in [0.4, 0.5) is 10.8 Å². The van der Waals surface area contributed by atoms with Crippen LogP contribution in [-0.2, 0) is 4.79 Å². The number of nitrogens with one attached hydrogen (secondary N) is 2. The van der Waals surface area contributed by atoms with Crippen LogP contribution >= 0.6 is 34.7 Å². The first kappa shape index (κ1) is 19.0. The topological polar surface area (TPSA) is 66.9 Å². The van der Waals surface area contributed by atoms with Gasteiger partial charge in [-0.05, 0) is 44.4 Å². The fraction of sp³-hybridized carbons (Fsp3) is 0.438. The van der Waals surface area contributed by atoms with Crippen molar-refractivity contribution in [3.05, 3.63) is 28.3 Å². The summed E-state index contributed by atoms with van der Waals surface area (Å²) in [6, 6.07) is 4.16. The Labute approximate surface area is 155 Å². The summed E-state index contributed by atoms with van der Waals surface area (Å²) in [6.45, 7) is 8.03. The number of carbonyl (C=O) groups excluding carboxylic acids is 1. The fourth-order valence-corrected chi connectivity index (χ4v) is 3.98. The molecule has 0 radical (unpaired) electrons. The number of aromatic nitrogens is 2. The van der Waals surface area contributed by atoms with E-state index in [4.69, 9.17) is 11.6 Å². The summed E-state index contributed by atoms with van der Waals surface area (Å²) in [6.07, 6.45) is 0.917. The van der Waals surface area contributed by atoms with E-state index in [2.05, 4.69) is 26.9 Å². The molecule has 0 aliphatic rings. The SMILES string of the molecule is CCC(C)NC(=O)CSc1nnc(Nc2c(C)cc(C)cc2Cl)s1. The summed E-state index contributed by atoms with van der Waals surface area (Å²) in [5.74, 6) is 0.347. The van der Waals surface area contributed by atoms with Crippen LogP contribution in [-0.4, -0.2) is 27.9 Å². The number of aryl methyl sites for hydroxylation is 2. The first-order chi connectivity index (χ1) is 11.4. The molecule has 1 atom stereocenters. The van der Waals surface area contributed by atoms with Crippen LogP contribution in [0, 0.1) is 13.8 Å². The predicted octanol–water partition coefficient (Wildman–Crippen LogP) is 4.56. The zero-order valence-electron chi connectivity index (χ0n) is 14.1. The third-order valence-electron chi connectivity index (χ3n) is 3.42. The van der Waals surface area contributed by atoms with Gasteiger partial charge in [0.25, 0.3) is 0 Å². The molecule has 1 amide bonds. The van der Waals surface area contributed by atoms with Crippen molar-refractivity contribution >= 4 is 51.4 Å². The number of benzene rings is 1. The van der Waals surface area contributed by atoms with Gasteiger partial charge in [0.2, 0.25) is 11.0 Å². The predicted molar refractivity (Wildman–Crippen MR) is 103 cm³/mol. The van der Waals surface area contributed by atoms with E-state index in [0.717, 1.165) is 27.6 Å². The third kappa shape index (κ3) is 5.36. The first-order valence-corrected chi connectivity index (χ1v) is 9.86. The number of thioether (sulfide) groups is 1. The van der Waals surface area contributed by atoms with E-state index in [1.165, 1.54) is 23.1 Å². The summed E-state index contributed by atoms with van der Waals surface area (Å²) in [5, 5.41) is 15.7. The maximum absolute atomic E-state index is 11.8. The number of hydrogen-bond acceptors (Lipinski definition) is 6. The van der Waals surface area contributed by atoms with E-state index in [1.54, 1.807) is 0 Å². The molecule has 5 nitrogen and oxygen atoms in total. The van der Waals surface area contributed by atoms with Gasteiger partial charge in [-0.1, -0.05) is 47.7 Å². The van der Waals surface area contributed by atoms with Gasteiger partial charge in [-0.2, -0.15) is 0 Å². The Morgan fingerprint density at radius 3 is 2.79 bits per heavy atom. The number of carbonyl (C=O) groups is 1. The molecule has 130 valence electrons. The Balaban J connectivity index is 1.95. The van der Waals surface area contributed by atoms with E-state index in [1.807, 2.05) is 33.8 Å². The van der Waals surface area contributed by atoms with E-state index < -0.39 is 0 Å².